The second-order valence-electron chi connectivity index (χ2n) is 5.22. The Hall–Kier alpha value is -2.34. The second kappa shape index (κ2) is 7.09. The molecule has 0 spiro atoms. The zero-order valence-electron chi connectivity index (χ0n) is 12.8. The topological polar surface area (TPSA) is 83.4 Å². The van der Waals surface area contributed by atoms with E-state index < -0.39 is 17.9 Å². The first-order chi connectivity index (χ1) is 10.5. The van der Waals surface area contributed by atoms with Crippen LogP contribution < -0.4 is 10.6 Å². The predicted molar refractivity (Wildman–Crippen MR) is 85.5 cm³/mol. The number of hydrogen-bond donors (Lipinski definition) is 3. The van der Waals surface area contributed by atoms with Crippen molar-refractivity contribution in [1.29, 1.82) is 0 Å². The highest BCUT2D eigenvalue weighted by molar-refractivity contribution is 6.39. The summed E-state index contributed by atoms with van der Waals surface area (Å²) in [6.45, 7) is 4.77. The van der Waals surface area contributed by atoms with Crippen molar-refractivity contribution in [1.82, 2.24) is 9.88 Å². The van der Waals surface area contributed by atoms with Crippen LogP contribution in [0.4, 0.5) is 5.69 Å². The van der Waals surface area contributed by atoms with Gasteiger partial charge in [0, 0.05) is 25.0 Å². The van der Waals surface area contributed by atoms with Gasteiger partial charge < -0.3 is 20.3 Å². The van der Waals surface area contributed by atoms with Gasteiger partial charge in [0.05, 0.1) is 11.6 Å². The number of fused-ring (bicyclic) bond motifs is 1. The van der Waals surface area contributed by atoms with Gasteiger partial charge in [-0.05, 0) is 43.9 Å². The van der Waals surface area contributed by atoms with Crippen molar-refractivity contribution >= 4 is 28.4 Å². The van der Waals surface area contributed by atoms with Crippen molar-refractivity contribution in [3.05, 3.63) is 30.5 Å². The van der Waals surface area contributed by atoms with Crippen LogP contribution in [0.3, 0.4) is 0 Å². The van der Waals surface area contributed by atoms with Gasteiger partial charge in [0.1, 0.15) is 0 Å². The number of aliphatic hydroxyl groups is 1. The minimum atomic E-state index is -0.709. The zero-order valence-corrected chi connectivity index (χ0v) is 12.8. The minimum absolute atomic E-state index is 0.266. The monoisotopic (exact) mass is 303 g/mol. The lowest BCUT2D eigenvalue weighted by Crippen LogP contribution is -2.36. The second-order valence-corrected chi connectivity index (χ2v) is 5.22. The van der Waals surface area contributed by atoms with Crippen LogP contribution in [-0.2, 0) is 16.1 Å². The molecule has 2 aromatic rings. The van der Waals surface area contributed by atoms with E-state index in [0.29, 0.717) is 12.1 Å². The van der Waals surface area contributed by atoms with E-state index in [1.807, 2.05) is 31.3 Å². The van der Waals surface area contributed by atoms with Crippen LogP contribution in [0.5, 0.6) is 0 Å². The highest BCUT2D eigenvalue weighted by Crippen LogP contribution is 2.20. The Balaban J connectivity index is 2.00. The number of aromatic nitrogens is 1. The number of nitrogens with one attached hydrogen (secondary N) is 2. The molecule has 0 fully saturated rings. The Morgan fingerprint density at radius 3 is 2.73 bits per heavy atom. The number of anilines is 1. The van der Waals surface area contributed by atoms with Gasteiger partial charge in [-0.15, -0.1) is 0 Å². The third-order valence-electron chi connectivity index (χ3n) is 3.43. The van der Waals surface area contributed by atoms with E-state index >= 15 is 0 Å². The summed E-state index contributed by atoms with van der Waals surface area (Å²) in [4.78, 5) is 23.5. The lowest BCUT2D eigenvalue weighted by atomic mass is 10.2. The summed E-state index contributed by atoms with van der Waals surface area (Å²) >= 11 is 0. The Morgan fingerprint density at radius 1 is 1.27 bits per heavy atom. The van der Waals surface area contributed by atoms with Gasteiger partial charge in [0.15, 0.2) is 0 Å². The molecule has 0 saturated carbocycles. The lowest BCUT2D eigenvalue weighted by Gasteiger charge is -2.08. The van der Waals surface area contributed by atoms with Gasteiger partial charge in [-0.25, -0.2) is 0 Å². The van der Waals surface area contributed by atoms with Crippen LogP contribution >= 0.6 is 0 Å². The first-order valence-corrected chi connectivity index (χ1v) is 7.37. The smallest absolute Gasteiger partial charge is 0.313 e. The fourth-order valence-corrected chi connectivity index (χ4v) is 2.20. The predicted octanol–water partition coefficient (Wildman–Crippen LogP) is 1.49. The number of rotatable bonds is 5. The summed E-state index contributed by atoms with van der Waals surface area (Å²) in [5.74, 6) is -1.41. The summed E-state index contributed by atoms with van der Waals surface area (Å²) in [6, 6.07) is 7.53. The molecule has 2 rings (SSSR count). The number of nitrogens with zero attached hydrogens (tertiary/aromatic N) is 1. The maximum atomic E-state index is 11.8. The molecule has 0 saturated heterocycles. The molecule has 0 aliphatic carbocycles. The molecule has 1 atom stereocenters. The summed E-state index contributed by atoms with van der Waals surface area (Å²) in [5.41, 5.74) is 1.59. The average Bonchev–Trinajstić information content (AvgIpc) is 2.89. The molecule has 3 N–H and O–H groups in total. The van der Waals surface area contributed by atoms with Gasteiger partial charge >= 0.3 is 11.8 Å². The molecule has 1 heterocycles. The van der Waals surface area contributed by atoms with E-state index in [2.05, 4.69) is 15.2 Å². The lowest BCUT2D eigenvalue weighted by molar-refractivity contribution is -0.136. The van der Waals surface area contributed by atoms with E-state index in [1.165, 1.54) is 0 Å². The highest BCUT2D eigenvalue weighted by atomic mass is 16.3. The molecule has 6 nitrogen and oxygen atoms in total. The Kier molecular flexibility index (Phi) is 5.16. The number of aliphatic hydroxyl groups excluding tert-OH is 1. The molecule has 6 heteroatoms. The molecule has 2 amide bonds. The average molecular weight is 303 g/mol. The van der Waals surface area contributed by atoms with E-state index in [0.717, 1.165) is 17.4 Å². The van der Waals surface area contributed by atoms with E-state index in [4.69, 9.17) is 5.11 Å². The minimum Gasteiger partial charge on any atom is -0.393 e. The maximum Gasteiger partial charge on any atom is 0.313 e. The molecule has 22 heavy (non-hydrogen) atoms. The highest BCUT2D eigenvalue weighted by Gasteiger charge is 2.14. The molecule has 0 aliphatic heterocycles. The summed E-state index contributed by atoms with van der Waals surface area (Å²) < 4.78 is 2.06. The van der Waals surface area contributed by atoms with Gasteiger partial charge in [0.2, 0.25) is 0 Å². The van der Waals surface area contributed by atoms with E-state index in [1.54, 1.807) is 13.0 Å². The summed E-state index contributed by atoms with van der Waals surface area (Å²) in [7, 11) is 0. The normalized spacial score (nSPS) is 12.1. The van der Waals surface area contributed by atoms with Crippen LogP contribution in [0.1, 0.15) is 20.3 Å². The fraction of sp³-hybridized carbons (Fsp3) is 0.375. The van der Waals surface area contributed by atoms with Crippen molar-refractivity contribution in [2.24, 2.45) is 0 Å². The number of hydrogen-bond acceptors (Lipinski definition) is 3. The number of carbonyl (C=O) groups is 2. The maximum absolute atomic E-state index is 11.8. The fourth-order valence-electron chi connectivity index (χ4n) is 2.20. The number of aryl methyl sites for hydroxylation is 1. The molecular formula is C16H21N3O3. The Morgan fingerprint density at radius 2 is 2.05 bits per heavy atom. The molecule has 0 aliphatic rings. The first-order valence-electron chi connectivity index (χ1n) is 7.37. The molecule has 0 bridgehead atoms. The SMILES string of the molecule is CCn1ccc2ccc(NC(=O)C(=O)NCCC(C)O)cc21. The van der Waals surface area contributed by atoms with Gasteiger partial charge in [0.25, 0.3) is 0 Å². The first kappa shape index (κ1) is 16.0. The standard InChI is InChI=1S/C16H21N3O3/c1-3-19-9-7-12-4-5-13(10-14(12)19)18-16(22)15(21)17-8-6-11(2)20/h4-5,7,9-11,20H,3,6,8H2,1-2H3,(H,17,21)(H,18,22). The van der Waals surface area contributed by atoms with E-state index in [9.17, 15) is 9.59 Å². The third-order valence-corrected chi connectivity index (χ3v) is 3.43. The molecule has 1 aromatic carbocycles. The summed E-state index contributed by atoms with van der Waals surface area (Å²) in [6.07, 6.45) is 1.89. The Labute approximate surface area is 129 Å². The molecule has 118 valence electrons. The van der Waals surface area contributed by atoms with Crippen molar-refractivity contribution in [2.45, 2.75) is 32.9 Å². The summed E-state index contributed by atoms with van der Waals surface area (Å²) in [5, 5.41) is 15.3. The van der Waals surface area contributed by atoms with Crippen LogP contribution in [0.2, 0.25) is 0 Å². The van der Waals surface area contributed by atoms with Crippen molar-refractivity contribution in [3.63, 3.8) is 0 Å². The molecular weight excluding hydrogens is 282 g/mol. The molecule has 0 radical (unpaired) electrons. The van der Waals surface area contributed by atoms with Gasteiger partial charge in [-0.2, -0.15) is 0 Å². The van der Waals surface area contributed by atoms with Crippen molar-refractivity contribution in [2.75, 3.05) is 11.9 Å². The molecule has 1 aromatic heterocycles. The van der Waals surface area contributed by atoms with Gasteiger partial charge in [-0.3, -0.25) is 9.59 Å². The Bertz CT molecular complexity index is 676. The van der Waals surface area contributed by atoms with Crippen LogP contribution in [0, 0.1) is 0 Å². The number of amides is 2. The third kappa shape index (κ3) is 3.85. The zero-order chi connectivity index (χ0) is 16.1. The van der Waals surface area contributed by atoms with E-state index in [-0.39, 0.29) is 6.54 Å². The largest absolute Gasteiger partial charge is 0.393 e. The van der Waals surface area contributed by atoms with Crippen LogP contribution in [0.15, 0.2) is 30.5 Å². The van der Waals surface area contributed by atoms with Crippen LogP contribution in [0.25, 0.3) is 10.9 Å². The quantitative estimate of drug-likeness (QED) is 0.732. The van der Waals surface area contributed by atoms with Crippen molar-refractivity contribution < 1.29 is 14.7 Å². The van der Waals surface area contributed by atoms with Gasteiger partial charge in [-0.1, -0.05) is 6.07 Å². The van der Waals surface area contributed by atoms with Crippen molar-refractivity contribution in [3.8, 4) is 0 Å². The molecule has 1 unspecified atom stereocenters. The number of carbonyl (C=O) groups excluding carboxylic acids is 2. The number of benzene rings is 1. The van der Waals surface area contributed by atoms with Crippen LogP contribution in [-0.4, -0.2) is 34.1 Å².